The molecule has 158 valence electrons. The SMILES string of the molecule is CC1(C)OC[C@H](CONC(=O)c2ccc3sncc3c2Nc2ccc(I)cc2F)O1. The fourth-order valence-electron chi connectivity index (χ4n) is 3.09. The number of hydroxylamine groups is 1. The number of amides is 1. The maximum Gasteiger partial charge on any atom is 0.276 e. The fourth-order valence-corrected chi connectivity index (χ4v) is 4.20. The number of benzene rings is 2. The molecule has 1 atom stereocenters. The molecule has 1 aromatic heterocycles. The minimum atomic E-state index is -0.663. The van der Waals surface area contributed by atoms with Crippen LogP contribution in [0.3, 0.4) is 0 Å². The number of hydrogen-bond donors (Lipinski definition) is 2. The van der Waals surface area contributed by atoms with Crippen LogP contribution in [0.4, 0.5) is 15.8 Å². The van der Waals surface area contributed by atoms with E-state index in [1.807, 2.05) is 36.4 Å². The number of rotatable bonds is 6. The predicted molar refractivity (Wildman–Crippen MR) is 120 cm³/mol. The summed E-state index contributed by atoms with van der Waals surface area (Å²) >= 11 is 3.34. The van der Waals surface area contributed by atoms with Gasteiger partial charge >= 0.3 is 0 Å². The minimum Gasteiger partial charge on any atom is -0.352 e. The van der Waals surface area contributed by atoms with Crippen LogP contribution in [-0.2, 0) is 14.3 Å². The van der Waals surface area contributed by atoms with E-state index in [-0.39, 0.29) is 18.4 Å². The number of ether oxygens (including phenoxy) is 2. The van der Waals surface area contributed by atoms with E-state index in [0.29, 0.717) is 17.9 Å². The molecule has 0 radical (unpaired) electrons. The molecule has 7 nitrogen and oxygen atoms in total. The molecule has 1 saturated heterocycles. The third-order valence-electron chi connectivity index (χ3n) is 4.48. The third kappa shape index (κ3) is 4.72. The van der Waals surface area contributed by atoms with E-state index in [9.17, 15) is 9.18 Å². The van der Waals surface area contributed by atoms with Crippen molar-refractivity contribution in [3.8, 4) is 0 Å². The highest BCUT2D eigenvalue weighted by atomic mass is 127. The van der Waals surface area contributed by atoms with E-state index >= 15 is 0 Å². The highest BCUT2D eigenvalue weighted by Crippen LogP contribution is 2.33. The van der Waals surface area contributed by atoms with Gasteiger partial charge < -0.3 is 14.8 Å². The minimum absolute atomic E-state index is 0.145. The lowest BCUT2D eigenvalue weighted by Crippen LogP contribution is -2.30. The van der Waals surface area contributed by atoms with Crippen LogP contribution in [0.25, 0.3) is 10.1 Å². The molecule has 0 saturated carbocycles. The van der Waals surface area contributed by atoms with Crippen molar-refractivity contribution in [3.05, 3.63) is 51.5 Å². The van der Waals surface area contributed by atoms with Crippen molar-refractivity contribution in [3.63, 3.8) is 0 Å². The summed E-state index contributed by atoms with van der Waals surface area (Å²) in [4.78, 5) is 18.1. The summed E-state index contributed by atoms with van der Waals surface area (Å²) in [5, 5.41) is 3.77. The number of carbonyl (C=O) groups excluding carboxylic acids is 1. The van der Waals surface area contributed by atoms with Gasteiger partial charge in [-0.15, -0.1) is 0 Å². The second kappa shape index (κ2) is 8.71. The van der Waals surface area contributed by atoms with Crippen molar-refractivity contribution in [2.75, 3.05) is 18.5 Å². The van der Waals surface area contributed by atoms with Gasteiger partial charge in [0.1, 0.15) is 18.5 Å². The summed E-state index contributed by atoms with van der Waals surface area (Å²) in [6, 6.07) is 8.29. The Bertz CT molecular complexity index is 1090. The first kappa shape index (κ1) is 21.4. The number of hydrogen-bond acceptors (Lipinski definition) is 7. The molecule has 30 heavy (non-hydrogen) atoms. The summed E-state index contributed by atoms with van der Waals surface area (Å²) in [7, 11) is 0. The van der Waals surface area contributed by atoms with Crippen LogP contribution in [0.15, 0.2) is 36.5 Å². The first-order chi connectivity index (χ1) is 14.3. The normalized spacial score (nSPS) is 17.9. The van der Waals surface area contributed by atoms with E-state index < -0.39 is 17.5 Å². The second-order valence-corrected chi connectivity index (χ2v) is 9.25. The Balaban J connectivity index is 1.53. The molecule has 1 fully saturated rings. The Hall–Kier alpha value is -1.86. The molecule has 0 unspecified atom stereocenters. The van der Waals surface area contributed by atoms with Crippen LogP contribution in [0.2, 0.25) is 0 Å². The number of halogens is 2. The van der Waals surface area contributed by atoms with Crippen molar-refractivity contribution >= 4 is 61.5 Å². The molecule has 2 heterocycles. The zero-order chi connectivity index (χ0) is 21.3. The quantitative estimate of drug-likeness (QED) is 0.350. The summed E-state index contributed by atoms with van der Waals surface area (Å²) in [5.74, 6) is -1.54. The van der Waals surface area contributed by atoms with Gasteiger partial charge in [-0.05, 0) is 78.3 Å². The average Bonchev–Trinajstić information content (AvgIpc) is 3.30. The Morgan fingerprint density at radius 3 is 2.97 bits per heavy atom. The summed E-state index contributed by atoms with van der Waals surface area (Å²) in [6.07, 6.45) is 1.37. The van der Waals surface area contributed by atoms with Crippen molar-refractivity contribution in [2.45, 2.75) is 25.7 Å². The van der Waals surface area contributed by atoms with Gasteiger partial charge in [0.15, 0.2) is 5.79 Å². The maximum atomic E-state index is 14.4. The predicted octanol–water partition coefficient (Wildman–Crippen LogP) is 4.60. The molecule has 0 bridgehead atoms. The Morgan fingerprint density at radius 2 is 2.23 bits per heavy atom. The number of aromatic nitrogens is 1. The monoisotopic (exact) mass is 543 g/mol. The molecule has 2 aromatic carbocycles. The number of carbonyl (C=O) groups is 1. The van der Waals surface area contributed by atoms with Crippen LogP contribution in [0.5, 0.6) is 0 Å². The smallest absolute Gasteiger partial charge is 0.276 e. The van der Waals surface area contributed by atoms with Crippen molar-refractivity contribution in [1.82, 2.24) is 9.85 Å². The van der Waals surface area contributed by atoms with Crippen LogP contribution in [-0.4, -0.2) is 35.4 Å². The van der Waals surface area contributed by atoms with Crippen LogP contribution < -0.4 is 10.8 Å². The zero-order valence-electron chi connectivity index (χ0n) is 16.2. The number of fused-ring (bicyclic) bond motifs is 1. The lowest BCUT2D eigenvalue weighted by atomic mass is 10.1. The van der Waals surface area contributed by atoms with Gasteiger partial charge in [0.2, 0.25) is 0 Å². The molecule has 4 rings (SSSR count). The molecule has 1 aliphatic heterocycles. The third-order valence-corrected chi connectivity index (χ3v) is 5.91. The summed E-state index contributed by atoms with van der Waals surface area (Å²) < 4.78 is 31.4. The van der Waals surface area contributed by atoms with Gasteiger partial charge in [-0.1, -0.05) is 0 Å². The van der Waals surface area contributed by atoms with Gasteiger partial charge in [0.05, 0.1) is 34.4 Å². The van der Waals surface area contributed by atoms with Gasteiger partial charge in [-0.2, -0.15) is 4.37 Å². The molecule has 0 aliphatic carbocycles. The largest absolute Gasteiger partial charge is 0.352 e. The standard InChI is InChI=1S/C20H19FIN3O4S/c1-20(2)27-9-12(29-20)10-28-25-19(26)13-4-6-17-14(8-23-30-17)18(13)24-16-5-3-11(22)7-15(16)21/h3-8,12,24H,9-10H2,1-2H3,(H,25,26)/t12-/m1/s1. The second-order valence-electron chi connectivity index (χ2n) is 7.17. The Labute approximate surface area is 190 Å². The van der Waals surface area contributed by atoms with Crippen LogP contribution in [0.1, 0.15) is 24.2 Å². The molecule has 10 heteroatoms. The fraction of sp³-hybridized carbons (Fsp3) is 0.300. The topological polar surface area (TPSA) is 81.7 Å². The molecular formula is C20H19FIN3O4S. The molecule has 3 aromatic rings. The number of anilines is 2. The molecular weight excluding hydrogens is 524 g/mol. The van der Waals surface area contributed by atoms with Crippen LogP contribution >= 0.6 is 34.1 Å². The molecule has 0 spiro atoms. The Morgan fingerprint density at radius 1 is 1.40 bits per heavy atom. The highest BCUT2D eigenvalue weighted by Gasteiger charge is 2.33. The number of nitrogens with one attached hydrogen (secondary N) is 2. The van der Waals surface area contributed by atoms with Gasteiger partial charge in [0.25, 0.3) is 5.91 Å². The maximum absolute atomic E-state index is 14.4. The van der Waals surface area contributed by atoms with E-state index in [1.54, 1.807) is 30.5 Å². The van der Waals surface area contributed by atoms with E-state index in [4.69, 9.17) is 14.3 Å². The summed E-state index contributed by atoms with van der Waals surface area (Å²) in [6.45, 7) is 4.16. The summed E-state index contributed by atoms with van der Waals surface area (Å²) in [5.41, 5.74) is 3.47. The number of nitrogens with zero attached hydrogens (tertiary/aromatic N) is 1. The molecule has 1 aliphatic rings. The lowest BCUT2D eigenvalue weighted by Gasteiger charge is -2.17. The Kier molecular flexibility index (Phi) is 6.21. The highest BCUT2D eigenvalue weighted by molar-refractivity contribution is 14.1. The van der Waals surface area contributed by atoms with Gasteiger partial charge in [-0.3, -0.25) is 9.63 Å². The van der Waals surface area contributed by atoms with Crippen LogP contribution in [0, 0.1) is 9.39 Å². The average molecular weight is 543 g/mol. The zero-order valence-corrected chi connectivity index (χ0v) is 19.2. The van der Waals surface area contributed by atoms with Gasteiger partial charge in [-0.25, -0.2) is 9.87 Å². The lowest BCUT2D eigenvalue weighted by molar-refractivity contribution is -0.147. The first-order valence-corrected chi connectivity index (χ1v) is 11.0. The van der Waals surface area contributed by atoms with Crippen molar-refractivity contribution in [2.24, 2.45) is 0 Å². The van der Waals surface area contributed by atoms with Crippen molar-refractivity contribution < 1.29 is 23.5 Å². The van der Waals surface area contributed by atoms with E-state index in [1.165, 1.54) is 17.6 Å². The molecule has 1 amide bonds. The van der Waals surface area contributed by atoms with E-state index in [0.717, 1.165) is 13.7 Å². The molecule has 2 N–H and O–H groups in total. The first-order valence-electron chi connectivity index (χ1n) is 9.16. The van der Waals surface area contributed by atoms with Gasteiger partial charge in [0, 0.05) is 8.96 Å². The van der Waals surface area contributed by atoms with Crippen molar-refractivity contribution in [1.29, 1.82) is 0 Å². The van der Waals surface area contributed by atoms with E-state index in [2.05, 4.69) is 15.2 Å².